The van der Waals surface area contributed by atoms with Crippen LogP contribution in [0.4, 0.5) is 10.6 Å². The highest BCUT2D eigenvalue weighted by Crippen LogP contribution is 2.34. The van der Waals surface area contributed by atoms with Crippen molar-refractivity contribution in [3.8, 4) is 0 Å². The van der Waals surface area contributed by atoms with Crippen molar-refractivity contribution in [2.75, 3.05) is 11.3 Å². The Hall–Kier alpha value is -2.36. The molecule has 12 nitrogen and oxygen atoms in total. The van der Waals surface area contributed by atoms with E-state index >= 15 is 0 Å². The first kappa shape index (κ1) is 20.4. The molecule has 1 aromatic heterocycles. The van der Waals surface area contributed by atoms with E-state index in [1.807, 2.05) is 0 Å². The maximum absolute atomic E-state index is 12.4. The highest BCUT2D eigenvalue weighted by atomic mass is 32.2. The van der Waals surface area contributed by atoms with Gasteiger partial charge in [-0.3, -0.25) is 14.5 Å². The maximum Gasteiger partial charge on any atom is 0.339 e. The van der Waals surface area contributed by atoms with Gasteiger partial charge in [0.2, 0.25) is 5.91 Å². The SMILES string of the molecule is Cc1cc(NS(=O)(=O)NC(=O)N2CC(N3C(CC(N)=O)=CSC3N)C2=O)ns1. The van der Waals surface area contributed by atoms with Gasteiger partial charge in [0.05, 0.1) is 13.0 Å². The highest BCUT2D eigenvalue weighted by molar-refractivity contribution is 8.02. The van der Waals surface area contributed by atoms with Crippen molar-refractivity contribution < 1.29 is 22.8 Å². The fourth-order valence-electron chi connectivity index (χ4n) is 2.67. The van der Waals surface area contributed by atoms with Crippen LogP contribution < -0.4 is 20.9 Å². The van der Waals surface area contributed by atoms with Crippen molar-refractivity contribution in [3.63, 3.8) is 0 Å². The molecule has 0 bridgehead atoms. The third-order valence-corrected chi connectivity index (χ3v) is 6.41. The van der Waals surface area contributed by atoms with Crippen molar-refractivity contribution in [1.82, 2.24) is 18.9 Å². The van der Waals surface area contributed by atoms with Gasteiger partial charge in [0.1, 0.15) is 11.5 Å². The summed E-state index contributed by atoms with van der Waals surface area (Å²) >= 11 is 2.30. The second-order valence-electron chi connectivity index (χ2n) is 5.99. The molecule has 2 aliphatic heterocycles. The third kappa shape index (κ3) is 4.21. The number of anilines is 1. The highest BCUT2D eigenvalue weighted by Gasteiger charge is 2.48. The minimum Gasteiger partial charge on any atom is -0.369 e. The fraction of sp³-hybridized carbons (Fsp3) is 0.385. The zero-order chi connectivity index (χ0) is 20.6. The summed E-state index contributed by atoms with van der Waals surface area (Å²) in [5.74, 6) is -1.15. The van der Waals surface area contributed by atoms with E-state index in [2.05, 4.69) is 9.10 Å². The standard InChI is InChI=1S/C13H17N7O5S3/c1-6-2-10(16-27-6)17-28(24,25)18-13(23)19-4-8(11(19)22)20-7(3-9(14)21)5-26-12(20)15/h2,5,8,12H,3-4,15H2,1H3,(H2,14,21)(H,16,17)(H,18,23). The average Bonchev–Trinajstić information content (AvgIpc) is 3.11. The number of hydrogen-bond donors (Lipinski definition) is 4. The summed E-state index contributed by atoms with van der Waals surface area (Å²) < 4.78 is 31.8. The molecule has 3 rings (SSSR count). The quantitative estimate of drug-likeness (QED) is 0.399. The number of aryl methyl sites for hydroxylation is 1. The number of rotatable bonds is 6. The smallest absolute Gasteiger partial charge is 0.339 e. The zero-order valence-electron chi connectivity index (χ0n) is 14.5. The largest absolute Gasteiger partial charge is 0.369 e. The summed E-state index contributed by atoms with van der Waals surface area (Å²) in [5.41, 5.74) is 11.0. The number of urea groups is 1. The predicted octanol–water partition coefficient (Wildman–Crippen LogP) is -0.963. The summed E-state index contributed by atoms with van der Waals surface area (Å²) in [6.45, 7) is 1.66. The number of nitrogens with zero attached hydrogens (tertiary/aromatic N) is 3. The third-order valence-electron chi connectivity index (χ3n) is 3.88. The molecule has 0 radical (unpaired) electrons. The normalized spacial score (nSPS) is 21.9. The number of β-lactam (4-membered cyclic amide) rings is 1. The molecular formula is C13H17N7O5S3. The molecule has 15 heteroatoms. The average molecular weight is 448 g/mol. The number of nitrogens with one attached hydrogen (secondary N) is 2. The van der Waals surface area contributed by atoms with Gasteiger partial charge in [-0.05, 0) is 29.9 Å². The molecular weight excluding hydrogens is 430 g/mol. The number of primary amides is 1. The Morgan fingerprint density at radius 3 is 2.71 bits per heavy atom. The van der Waals surface area contributed by atoms with Crippen LogP contribution in [0.15, 0.2) is 17.2 Å². The number of hydrogen-bond acceptors (Lipinski definition) is 10. The summed E-state index contributed by atoms with van der Waals surface area (Å²) in [5, 5.41) is 1.63. The Bertz CT molecular complexity index is 959. The molecule has 0 aromatic carbocycles. The van der Waals surface area contributed by atoms with Crippen molar-refractivity contribution in [2.24, 2.45) is 11.5 Å². The zero-order valence-corrected chi connectivity index (χ0v) is 16.9. The monoisotopic (exact) mass is 447 g/mol. The minimum absolute atomic E-state index is 0.0666. The van der Waals surface area contributed by atoms with E-state index < -0.39 is 39.6 Å². The van der Waals surface area contributed by atoms with Gasteiger partial charge in [-0.15, -0.1) is 0 Å². The van der Waals surface area contributed by atoms with Crippen LogP contribution in [-0.4, -0.2) is 58.5 Å². The van der Waals surface area contributed by atoms with Crippen molar-refractivity contribution in [3.05, 3.63) is 22.0 Å². The Morgan fingerprint density at radius 2 is 2.14 bits per heavy atom. The summed E-state index contributed by atoms with van der Waals surface area (Å²) in [4.78, 5) is 38.8. The van der Waals surface area contributed by atoms with Crippen LogP contribution >= 0.6 is 23.3 Å². The Labute approximate surface area is 168 Å². The summed E-state index contributed by atoms with van der Waals surface area (Å²) in [6.07, 6.45) is -0.0952. The van der Waals surface area contributed by atoms with Gasteiger partial charge >= 0.3 is 16.2 Å². The van der Waals surface area contributed by atoms with Gasteiger partial charge in [-0.1, -0.05) is 11.8 Å². The lowest BCUT2D eigenvalue weighted by Crippen LogP contribution is -2.68. The van der Waals surface area contributed by atoms with E-state index in [1.54, 1.807) is 17.1 Å². The van der Waals surface area contributed by atoms with Crippen LogP contribution in [0.2, 0.25) is 0 Å². The molecule has 28 heavy (non-hydrogen) atoms. The van der Waals surface area contributed by atoms with Gasteiger partial charge in [0, 0.05) is 10.6 Å². The number of carbonyl (C=O) groups is 3. The van der Waals surface area contributed by atoms with Crippen LogP contribution in [0.3, 0.4) is 0 Å². The van der Waals surface area contributed by atoms with Crippen LogP contribution in [0.1, 0.15) is 11.3 Å². The number of amides is 4. The van der Waals surface area contributed by atoms with Gasteiger partial charge in [0.25, 0.3) is 5.91 Å². The van der Waals surface area contributed by atoms with Gasteiger partial charge < -0.3 is 16.4 Å². The molecule has 1 aromatic rings. The number of imide groups is 1. The molecule has 0 spiro atoms. The number of likely N-dealkylation sites (tertiary alicyclic amines) is 1. The molecule has 152 valence electrons. The maximum atomic E-state index is 12.4. The molecule has 1 fully saturated rings. The second-order valence-corrected chi connectivity index (χ2v) is 9.40. The summed E-state index contributed by atoms with van der Waals surface area (Å²) in [7, 11) is -4.25. The molecule has 6 N–H and O–H groups in total. The van der Waals surface area contributed by atoms with Gasteiger partial charge in [0.15, 0.2) is 5.82 Å². The molecule has 2 unspecified atom stereocenters. The number of carbonyl (C=O) groups excluding carboxylic acids is 3. The molecule has 3 heterocycles. The molecule has 0 saturated carbocycles. The first-order valence-corrected chi connectivity index (χ1v) is 11.0. The number of nitrogens with two attached hydrogens (primary N) is 2. The minimum atomic E-state index is -4.25. The van der Waals surface area contributed by atoms with Crippen LogP contribution in [0, 0.1) is 6.92 Å². The van der Waals surface area contributed by atoms with Crippen molar-refractivity contribution in [1.29, 1.82) is 0 Å². The van der Waals surface area contributed by atoms with Crippen molar-refractivity contribution >= 4 is 57.2 Å². The Morgan fingerprint density at radius 1 is 1.43 bits per heavy atom. The molecule has 2 aliphatic rings. The molecule has 1 saturated heterocycles. The lowest BCUT2D eigenvalue weighted by atomic mass is 10.1. The molecule has 0 aliphatic carbocycles. The van der Waals surface area contributed by atoms with Gasteiger partial charge in [-0.2, -0.15) is 12.8 Å². The molecule has 2 atom stereocenters. The van der Waals surface area contributed by atoms with Crippen LogP contribution in [0.25, 0.3) is 0 Å². The lowest BCUT2D eigenvalue weighted by molar-refractivity contribution is -0.144. The second kappa shape index (κ2) is 7.57. The van der Waals surface area contributed by atoms with Gasteiger partial charge in [-0.25, -0.2) is 14.2 Å². The van der Waals surface area contributed by atoms with E-state index in [-0.39, 0.29) is 18.8 Å². The van der Waals surface area contributed by atoms with E-state index in [9.17, 15) is 22.8 Å². The number of aromatic nitrogens is 1. The lowest BCUT2D eigenvalue weighted by Gasteiger charge is -2.44. The Balaban J connectivity index is 1.60. The fourth-order valence-corrected chi connectivity index (χ4v) is 4.92. The van der Waals surface area contributed by atoms with E-state index in [1.165, 1.54) is 22.7 Å². The predicted molar refractivity (Wildman–Crippen MR) is 103 cm³/mol. The molecule has 4 amide bonds. The topological polar surface area (TPSA) is 181 Å². The number of thioether (sulfide) groups is 1. The van der Waals surface area contributed by atoms with Crippen molar-refractivity contribution in [2.45, 2.75) is 24.9 Å². The van der Waals surface area contributed by atoms with Crippen LogP contribution in [-0.2, 0) is 19.8 Å². The summed E-state index contributed by atoms with van der Waals surface area (Å²) in [6, 6.07) is -0.377. The van der Waals surface area contributed by atoms with Crippen LogP contribution in [0.5, 0.6) is 0 Å². The van der Waals surface area contributed by atoms with E-state index in [0.29, 0.717) is 5.70 Å². The Kier molecular flexibility index (Phi) is 5.51. The van der Waals surface area contributed by atoms with E-state index in [0.717, 1.165) is 21.3 Å². The van der Waals surface area contributed by atoms with E-state index in [4.69, 9.17) is 11.5 Å². The first-order valence-electron chi connectivity index (χ1n) is 7.83. The first-order chi connectivity index (χ1) is 13.1.